The molecule has 4 rings (SSSR count). The third kappa shape index (κ3) is 5.45. The van der Waals surface area contributed by atoms with Crippen molar-refractivity contribution in [3.8, 4) is 0 Å². The molecular weight excluding hydrogens is 460 g/mol. The van der Waals surface area contributed by atoms with Gasteiger partial charge in [0, 0.05) is 42.2 Å². The summed E-state index contributed by atoms with van der Waals surface area (Å²) in [6, 6.07) is 10.6. The highest BCUT2D eigenvalue weighted by Gasteiger charge is 2.29. The highest BCUT2D eigenvalue weighted by Crippen LogP contribution is 2.31. The summed E-state index contributed by atoms with van der Waals surface area (Å²) in [5, 5.41) is 15.9. The van der Waals surface area contributed by atoms with E-state index in [2.05, 4.69) is 11.4 Å². The molecule has 0 spiro atoms. The average molecular weight is 485 g/mol. The van der Waals surface area contributed by atoms with Gasteiger partial charge >= 0.3 is 5.00 Å². The van der Waals surface area contributed by atoms with Crippen LogP contribution in [0.1, 0.15) is 55.1 Å². The van der Waals surface area contributed by atoms with Crippen molar-refractivity contribution in [1.29, 1.82) is 0 Å². The Morgan fingerprint density at radius 1 is 1.21 bits per heavy atom. The number of piperidine rings is 1. The SMILES string of the molecule is Cc1ccc(C(=O)NCCc2cccs2)c(C2CCN(C(=O)c3ccc([N+](=O)[O-])s3)CC2)n1. The van der Waals surface area contributed by atoms with Gasteiger partial charge in [-0.05, 0) is 55.8 Å². The van der Waals surface area contributed by atoms with E-state index in [0.29, 0.717) is 42.9 Å². The standard InChI is InChI=1S/C23H24N4O4S2/c1-15-4-5-18(22(28)24-11-8-17-3-2-14-32-17)21(25-15)16-9-12-26(13-10-16)23(29)19-6-7-20(33-19)27(30)31/h2-7,14,16H,8-13H2,1H3,(H,24,28). The molecular formula is C23H24N4O4S2. The maximum absolute atomic E-state index is 12.9. The summed E-state index contributed by atoms with van der Waals surface area (Å²) in [7, 11) is 0. The quantitative estimate of drug-likeness (QED) is 0.395. The Morgan fingerprint density at radius 3 is 2.67 bits per heavy atom. The lowest BCUT2D eigenvalue weighted by atomic mass is 9.89. The van der Waals surface area contributed by atoms with Crippen molar-refractivity contribution in [3.63, 3.8) is 0 Å². The highest BCUT2D eigenvalue weighted by molar-refractivity contribution is 7.17. The lowest BCUT2D eigenvalue weighted by molar-refractivity contribution is -0.380. The van der Waals surface area contributed by atoms with Crippen molar-refractivity contribution in [2.75, 3.05) is 19.6 Å². The normalized spacial score (nSPS) is 14.3. The molecule has 0 unspecified atom stereocenters. The zero-order valence-electron chi connectivity index (χ0n) is 18.2. The minimum Gasteiger partial charge on any atom is -0.352 e. The highest BCUT2D eigenvalue weighted by atomic mass is 32.1. The Balaban J connectivity index is 1.40. The van der Waals surface area contributed by atoms with Crippen molar-refractivity contribution in [2.24, 2.45) is 0 Å². The summed E-state index contributed by atoms with van der Waals surface area (Å²) in [5.41, 5.74) is 2.22. The number of hydrogen-bond acceptors (Lipinski definition) is 7. The van der Waals surface area contributed by atoms with E-state index in [0.717, 1.165) is 29.1 Å². The molecule has 0 atom stereocenters. The number of aromatic nitrogens is 1. The number of likely N-dealkylation sites (tertiary alicyclic amines) is 1. The van der Waals surface area contributed by atoms with E-state index in [-0.39, 0.29) is 22.7 Å². The van der Waals surface area contributed by atoms with Crippen LogP contribution in [0, 0.1) is 17.0 Å². The summed E-state index contributed by atoms with van der Waals surface area (Å²) in [6.45, 7) is 3.51. The third-order valence-corrected chi connectivity index (χ3v) is 7.66. The summed E-state index contributed by atoms with van der Waals surface area (Å²) < 4.78 is 0. The molecule has 1 aliphatic heterocycles. The van der Waals surface area contributed by atoms with Crippen LogP contribution in [0.25, 0.3) is 0 Å². The van der Waals surface area contributed by atoms with Crippen molar-refractivity contribution in [3.05, 3.63) is 78.6 Å². The van der Waals surface area contributed by atoms with Gasteiger partial charge in [0.1, 0.15) is 0 Å². The molecule has 0 bridgehead atoms. The summed E-state index contributed by atoms with van der Waals surface area (Å²) in [5.74, 6) is -0.238. The summed E-state index contributed by atoms with van der Waals surface area (Å²) >= 11 is 2.57. The second kappa shape index (κ2) is 10.2. The molecule has 3 aromatic heterocycles. The number of pyridine rings is 1. The number of rotatable bonds is 7. The van der Waals surface area contributed by atoms with Crippen molar-refractivity contribution in [2.45, 2.75) is 32.1 Å². The number of hydrogen-bond donors (Lipinski definition) is 1. The first-order valence-electron chi connectivity index (χ1n) is 10.7. The van der Waals surface area contributed by atoms with Crippen LogP contribution >= 0.6 is 22.7 Å². The van der Waals surface area contributed by atoms with E-state index in [9.17, 15) is 19.7 Å². The zero-order chi connectivity index (χ0) is 23.4. The van der Waals surface area contributed by atoms with Crippen LogP contribution in [0.4, 0.5) is 5.00 Å². The molecule has 3 aromatic rings. The molecule has 0 aliphatic carbocycles. The van der Waals surface area contributed by atoms with Gasteiger partial charge in [-0.25, -0.2) is 0 Å². The van der Waals surface area contributed by atoms with Crippen LogP contribution in [-0.2, 0) is 6.42 Å². The fourth-order valence-corrected chi connectivity index (χ4v) is 5.48. The molecule has 8 nitrogen and oxygen atoms in total. The number of amides is 2. The van der Waals surface area contributed by atoms with Crippen LogP contribution in [0.3, 0.4) is 0 Å². The van der Waals surface area contributed by atoms with E-state index in [1.807, 2.05) is 30.5 Å². The van der Waals surface area contributed by atoms with Gasteiger partial charge < -0.3 is 10.2 Å². The number of nitro groups is 1. The summed E-state index contributed by atoms with van der Waals surface area (Å²) in [6.07, 6.45) is 2.16. The van der Waals surface area contributed by atoms with Crippen LogP contribution < -0.4 is 5.32 Å². The van der Waals surface area contributed by atoms with E-state index in [1.165, 1.54) is 17.0 Å². The topological polar surface area (TPSA) is 105 Å². The Bertz CT molecular complexity index is 1150. The minimum atomic E-state index is -0.482. The van der Waals surface area contributed by atoms with E-state index >= 15 is 0 Å². The lowest BCUT2D eigenvalue weighted by Gasteiger charge is -2.32. The fraction of sp³-hybridized carbons (Fsp3) is 0.348. The predicted molar refractivity (Wildman–Crippen MR) is 128 cm³/mol. The van der Waals surface area contributed by atoms with E-state index in [4.69, 9.17) is 4.98 Å². The van der Waals surface area contributed by atoms with Gasteiger partial charge in [0.15, 0.2) is 0 Å². The second-order valence-electron chi connectivity index (χ2n) is 7.93. The van der Waals surface area contributed by atoms with Crippen LogP contribution in [0.5, 0.6) is 0 Å². The average Bonchev–Trinajstić information content (AvgIpc) is 3.51. The summed E-state index contributed by atoms with van der Waals surface area (Å²) in [4.78, 5) is 44.1. The minimum absolute atomic E-state index is 0.0353. The van der Waals surface area contributed by atoms with Gasteiger partial charge in [0.25, 0.3) is 11.8 Å². The first-order valence-corrected chi connectivity index (χ1v) is 12.4. The van der Waals surface area contributed by atoms with Crippen LogP contribution in [-0.4, -0.2) is 46.3 Å². The van der Waals surface area contributed by atoms with Crippen LogP contribution in [0.15, 0.2) is 41.8 Å². The molecule has 0 saturated carbocycles. The molecule has 0 aromatic carbocycles. The number of nitrogens with one attached hydrogen (secondary N) is 1. The number of nitrogens with zero attached hydrogens (tertiary/aromatic N) is 3. The maximum atomic E-state index is 12.9. The molecule has 4 heterocycles. The number of carbonyl (C=O) groups excluding carboxylic acids is 2. The van der Waals surface area contributed by atoms with Gasteiger partial charge in [-0.3, -0.25) is 24.7 Å². The molecule has 1 N–H and O–H groups in total. The number of carbonyl (C=O) groups is 2. The Morgan fingerprint density at radius 2 is 2.00 bits per heavy atom. The molecule has 0 radical (unpaired) electrons. The smallest absolute Gasteiger partial charge is 0.324 e. The van der Waals surface area contributed by atoms with E-state index in [1.54, 1.807) is 16.2 Å². The Labute approximate surface area is 199 Å². The number of thiophene rings is 2. The first kappa shape index (κ1) is 23.1. The van der Waals surface area contributed by atoms with Crippen molar-refractivity contribution >= 4 is 39.5 Å². The van der Waals surface area contributed by atoms with Crippen LogP contribution in [0.2, 0.25) is 0 Å². The monoisotopic (exact) mass is 484 g/mol. The lowest BCUT2D eigenvalue weighted by Crippen LogP contribution is -2.38. The molecule has 172 valence electrons. The molecule has 10 heteroatoms. The predicted octanol–water partition coefficient (Wildman–Crippen LogP) is 4.41. The van der Waals surface area contributed by atoms with Gasteiger partial charge in [0.2, 0.25) is 0 Å². The third-order valence-electron chi connectivity index (χ3n) is 5.70. The largest absolute Gasteiger partial charge is 0.352 e. The van der Waals surface area contributed by atoms with Gasteiger partial charge in [-0.1, -0.05) is 17.4 Å². The molecule has 1 fully saturated rings. The van der Waals surface area contributed by atoms with Crippen molar-refractivity contribution in [1.82, 2.24) is 15.2 Å². The fourth-order valence-electron chi connectivity index (χ4n) is 3.98. The Hall–Kier alpha value is -3.11. The first-order chi connectivity index (χ1) is 15.9. The second-order valence-corrected chi connectivity index (χ2v) is 10.0. The van der Waals surface area contributed by atoms with Gasteiger partial charge in [-0.15, -0.1) is 11.3 Å². The molecule has 1 saturated heterocycles. The van der Waals surface area contributed by atoms with E-state index < -0.39 is 4.92 Å². The van der Waals surface area contributed by atoms with Crippen molar-refractivity contribution < 1.29 is 14.5 Å². The zero-order valence-corrected chi connectivity index (χ0v) is 19.8. The molecule has 2 amide bonds. The van der Waals surface area contributed by atoms with Gasteiger partial charge in [0.05, 0.1) is 21.1 Å². The molecule has 33 heavy (non-hydrogen) atoms. The maximum Gasteiger partial charge on any atom is 0.324 e. The molecule has 1 aliphatic rings. The Kier molecular flexibility index (Phi) is 7.14. The number of aryl methyl sites for hydroxylation is 1. The van der Waals surface area contributed by atoms with Gasteiger partial charge in [-0.2, -0.15) is 0 Å².